The summed E-state index contributed by atoms with van der Waals surface area (Å²) in [7, 11) is 0. The Hall–Kier alpha value is -1.00. The molecular weight excluding hydrogens is 188 g/mol. The quantitative estimate of drug-likeness (QED) is 0.742. The van der Waals surface area contributed by atoms with Gasteiger partial charge in [0.25, 0.3) is 0 Å². The molecule has 1 aliphatic heterocycles. The fourth-order valence-corrected chi connectivity index (χ4v) is 1.59. The number of benzene rings is 1. The SMILES string of the molecule is Fc1cccc(F)c1[C@H]1COCCN1. The second-order valence-electron chi connectivity index (χ2n) is 3.22. The molecule has 76 valence electrons. The van der Waals surface area contributed by atoms with Gasteiger partial charge in [0.15, 0.2) is 0 Å². The molecule has 4 heteroatoms. The predicted octanol–water partition coefficient (Wildman–Crippen LogP) is 1.63. The van der Waals surface area contributed by atoms with E-state index in [-0.39, 0.29) is 11.6 Å². The third kappa shape index (κ3) is 1.76. The van der Waals surface area contributed by atoms with E-state index in [9.17, 15) is 8.78 Å². The zero-order chi connectivity index (χ0) is 9.97. The van der Waals surface area contributed by atoms with Gasteiger partial charge in [0.1, 0.15) is 11.6 Å². The zero-order valence-electron chi connectivity index (χ0n) is 7.59. The molecule has 0 bridgehead atoms. The van der Waals surface area contributed by atoms with Gasteiger partial charge in [-0.3, -0.25) is 0 Å². The normalized spacial score (nSPS) is 22.3. The number of rotatable bonds is 1. The van der Waals surface area contributed by atoms with Gasteiger partial charge in [0.05, 0.1) is 19.3 Å². The topological polar surface area (TPSA) is 21.3 Å². The van der Waals surface area contributed by atoms with Crippen molar-refractivity contribution in [2.24, 2.45) is 0 Å². The van der Waals surface area contributed by atoms with Crippen LogP contribution in [0.5, 0.6) is 0 Å². The first-order chi connectivity index (χ1) is 6.79. The molecule has 0 aromatic heterocycles. The first-order valence-corrected chi connectivity index (χ1v) is 4.54. The molecule has 1 fully saturated rings. The van der Waals surface area contributed by atoms with E-state index < -0.39 is 11.6 Å². The van der Waals surface area contributed by atoms with Crippen molar-refractivity contribution in [1.29, 1.82) is 0 Å². The lowest BCUT2D eigenvalue weighted by molar-refractivity contribution is 0.0745. The van der Waals surface area contributed by atoms with Gasteiger partial charge in [-0.05, 0) is 12.1 Å². The van der Waals surface area contributed by atoms with Crippen LogP contribution in [0.2, 0.25) is 0 Å². The van der Waals surface area contributed by atoms with Crippen LogP contribution in [-0.2, 0) is 4.74 Å². The molecular formula is C10H11F2NO. The van der Waals surface area contributed by atoms with Gasteiger partial charge in [-0.25, -0.2) is 8.78 Å². The average molecular weight is 199 g/mol. The van der Waals surface area contributed by atoms with E-state index in [1.807, 2.05) is 0 Å². The first-order valence-electron chi connectivity index (χ1n) is 4.54. The van der Waals surface area contributed by atoms with Gasteiger partial charge < -0.3 is 10.1 Å². The molecule has 1 N–H and O–H groups in total. The Morgan fingerprint density at radius 2 is 2.00 bits per heavy atom. The summed E-state index contributed by atoms with van der Waals surface area (Å²) in [6.45, 7) is 1.53. The predicted molar refractivity (Wildman–Crippen MR) is 47.9 cm³/mol. The maximum atomic E-state index is 13.3. The van der Waals surface area contributed by atoms with Crippen LogP contribution in [0.4, 0.5) is 8.78 Å². The van der Waals surface area contributed by atoms with Crippen molar-refractivity contribution in [2.45, 2.75) is 6.04 Å². The lowest BCUT2D eigenvalue weighted by atomic mass is 10.1. The van der Waals surface area contributed by atoms with Crippen LogP contribution in [0.15, 0.2) is 18.2 Å². The summed E-state index contributed by atoms with van der Waals surface area (Å²) < 4.78 is 31.7. The van der Waals surface area contributed by atoms with Crippen LogP contribution in [0.3, 0.4) is 0 Å². The molecule has 0 spiro atoms. The van der Waals surface area contributed by atoms with Crippen LogP contribution >= 0.6 is 0 Å². The third-order valence-electron chi connectivity index (χ3n) is 2.27. The molecule has 0 saturated carbocycles. The summed E-state index contributed by atoms with van der Waals surface area (Å²) in [6, 6.07) is 3.51. The highest BCUT2D eigenvalue weighted by atomic mass is 19.1. The smallest absolute Gasteiger partial charge is 0.131 e. The fraction of sp³-hybridized carbons (Fsp3) is 0.400. The third-order valence-corrected chi connectivity index (χ3v) is 2.27. The van der Waals surface area contributed by atoms with Crippen molar-refractivity contribution in [3.8, 4) is 0 Å². The zero-order valence-corrected chi connectivity index (χ0v) is 7.59. The van der Waals surface area contributed by atoms with Crippen molar-refractivity contribution >= 4 is 0 Å². The Labute approximate surface area is 80.9 Å². The number of halogens is 2. The second kappa shape index (κ2) is 4.02. The molecule has 0 radical (unpaired) electrons. The molecule has 1 aliphatic rings. The molecule has 14 heavy (non-hydrogen) atoms. The Morgan fingerprint density at radius 3 is 2.57 bits per heavy atom. The van der Waals surface area contributed by atoms with E-state index in [0.717, 1.165) is 0 Å². The molecule has 0 aliphatic carbocycles. The lowest BCUT2D eigenvalue weighted by Crippen LogP contribution is -2.35. The number of ether oxygens (including phenoxy) is 1. The highest BCUT2D eigenvalue weighted by Crippen LogP contribution is 2.22. The van der Waals surface area contributed by atoms with Crippen LogP contribution in [0, 0.1) is 11.6 Å². The molecule has 1 heterocycles. The van der Waals surface area contributed by atoms with Crippen LogP contribution in [0.25, 0.3) is 0 Å². The maximum Gasteiger partial charge on any atom is 0.131 e. The van der Waals surface area contributed by atoms with Gasteiger partial charge in [-0.1, -0.05) is 6.07 Å². The number of hydrogen-bond donors (Lipinski definition) is 1. The van der Waals surface area contributed by atoms with Gasteiger partial charge in [0, 0.05) is 12.1 Å². The minimum atomic E-state index is -0.520. The summed E-state index contributed by atoms with van der Waals surface area (Å²) in [5, 5.41) is 3.01. The Kier molecular flexibility index (Phi) is 2.74. The van der Waals surface area contributed by atoms with Crippen LogP contribution < -0.4 is 5.32 Å². The average Bonchev–Trinajstić information content (AvgIpc) is 2.19. The van der Waals surface area contributed by atoms with E-state index in [1.54, 1.807) is 0 Å². The van der Waals surface area contributed by atoms with Crippen LogP contribution in [0.1, 0.15) is 11.6 Å². The summed E-state index contributed by atoms with van der Waals surface area (Å²) in [6.07, 6.45) is 0. The van der Waals surface area contributed by atoms with E-state index >= 15 is 0 Å². The van der Waals surface area contributed by atoms with Crippen molar-refractivity contribution in [1.82, 2.24) is 5.32 Å². The van der Waals surface area contributed by atoms with Crippen molar-refractivity contribution in [3.63, 3.8) is 0 Å². The van der Waals surface area contributed by atoms with Gasteiger partial charge in [-0.2, -0.15) is 0 Å². The minimum absolute atomic E-state index is 0.0761. The molecule has 2 rings (SSSR count). The van der Waals surface area contributed by atoms with E-state index in [4.69, 9.17) is 4.74 Å². The summed E-state index contributed by atoms with van der Waals surface area (Å²) >= 11 is 0. The summed E-state index contributed by atoms with van der Waals surface area (Å²) in [5.74, 6) is -1.04. The lowest BCUT2D eigenvalue weighted by Gasteiger charge is -2.24. The maximum absolute atomic E-state index is 13.3. The van der Waals surface area contributed by atoms with E-state index in [2.05, 4.69) is 5.32 Å². The number of morpholine rings is 1. The van der Waals surface area contributed by atoms with Crippen LogP contribution in [-0.4, -0.2) is 19.8 Å². The fourth-order valence-electron chi connectivity index (χ4n) is 1.59. The summed E-state index contributed by atoms with van der Waals surface area (Å²) in [5.41, 5.74) is 0.0761. The Morgan fingerprint density at radius 1 is 1.29 bits per heavy atom. The first kappa shape index (κ1) is 9.55. The highest BCUT2D eigenvalue weighted by Gasteiger charge is 2.21. The largest absolute Gasteiger partial charge is 0.378 e. The molecule has 0 unspecified atom stereocenters. The molecule has 1 aromatic rings. The summed E-state index contributed by atoms with van der Waals surface area (Å²) in [4.78, 5) is 0. The monoisotopic (exact) mass is 199 g/mol. The van der Waals surface area contributed by atoms with E-state index in [1.165, 1.54) is 18.2 Å². The van der Waals surface area contributed by atoms with E-state index in [0.29, 0.717) is 19.8 Å². The molecule has 1 saturated heterocycles. The number of hydrogen-bond acceptors (Lipinski definition) is 2. The Bertz CT molecular complexity index is 304. The van der Waals surface area contributed by atoms with Crippen molar-refractivity contribution < 1.29 is 13.5 Å². The highest BCUT2D eigenvalue weighted by molar-refractivity contribution is 5.23. The Balaban J connectivity index is 2.29. The molecule has 2 nitrogen and oxygen atoms in total. The van der Waals surface area contributed by atoms with Crippen molar-refractivity contribution in [3.05, 3.63) is 35.4 Å². The second-order valence-corrected chi connectivity index (χ2v) is 3.22. The van der Waals surface area contributed by atoms with Gasteiger partial charge >= 0.3 is 0 Å². The minimum Gasteiger partial charge on any atom is -0.378 e. The molecule has 1 atom stereocenters. The van der Waals surface area contributed by atoms with Gasteiger partial charge in [-0.15, -0.1) is 0 Å². The molecule has 1 aromatic carbocycles. The van der Waals surface area contributed by atoms with Crippen molar-refractivity contribution in [2.75, 3.05) is 19.8 Å². The number of nitrogens with one attached hydrogen (secondary N) is 1. The van der Waals surface area contributed by atoms with Gasteiger partial charge in [0.2, 0.25) is 0 Å². The molecule has 0 amide bonds. The standard InChI is InChI=1S/C10H11F2NO/c11-7-2-1-3-8(12)10(7)9-6-14-5-4-13-9/h1-3,9,13H,4-6H2/t9-/m1/s1.